The van der Waals surface area contributed by atoms with Crippen molar-refractivity contribution >= 4 is 6.02 Å². The molecule has 2 rings (SSSR count). The van der Waals surface area contributed by atoms with Gasteiger partial charge in [-0.15, -0.1) is 0 Å². The zero-order valence-electron chi connectivity index (χ0n) is 8.40. The van der Waals surface area contributed by atoms with Crippen LogP contribution in [0.15, 0.2) is 30.3 Å². The van der Waals surface area contributed by atoms with Gasteiger partial charge in [0.1, 0.15) is 6.10 Å². The molecule has 1 saturated heterocycles. The Bertz CT molecular complexity index is 336. The van der Waals surface area contributed by atoms with E-state index in [9.17, 15) is 0 Å². The maximum atomic E-state index is 7.57. The van der Waals surface area contributed by atoms with E-state index in [1.807, 2.05) is 42.3 Å². The van der Waals surface area contributed by atoms with Crippen LogP contribution in [-0.4, -0.2) is 24.0 Å². The first-order chi connectivity index (χ1) is 6.70. The summed E-state index contributed by atoms with van der Waals surface area (Å²) in [6, 6.07) is 10.5. The molecule has 0 spiro atoms. The quantitative estimate of drug-likeness (QED) is 0.735. The van der Waals surface area contributed by atoms with Crippen LogP contribution in [0.2, 0.25) is 0 Å². The first-order valence-electron chi connectivity index (χ1n) is 4.73. The summed E-state index contributed by atoms with van der Waals surface area (Å²) in [5.74, 6) is 0. The van der Waals surface area contributed by atoms with Gasteiger partial charge < -0.3 is 9.64 Å². The van der Waals surface area contributed by atoms with Crippen LogP contribution in [0.1, 0.15) is 18.6 Å². The molecule has 0 radical (unpaired) electrons. The Morgan fingerprint density at radius 1 is 1.29 bits per heavy atom. The van der Waals surface area contributed by atoms with Gasteiger partial charge in [0.05, 0.1) is 6.04 Å². The molecule has 1 heterocycles. The summed E-state index contributed by atoms with van der Waals surface area (Å²) in [6.45, 7) is 2.07. The minimum atomic E-state index is -0.00583. The molecule has 0 amide bonds. The van der Waals surface area contributed by atoms with Crippen molar-refractivity contribution in [3.05, 3.63) is 35.9 Å². The topological polar surface area (TPSA) is 36.3 Å². The average Bonchev–Trinajstić information content (AvgIpc) is 2.47. The molecule has 3 heteroatoms. The summed E-state index contributed by atoms with van der Waals surface area (Å²) in [7, 11) is 1.88. The van der Waals surface area contributed by atoms with Crippen LogP contribution in [0, 0.1) is 5.41 Å². The van der Waals surface area contributed by atoms with Crippen LogP contribution < -0.4 is 0 Å². The largest absolute Gasteiger partial charge is 0.455 e. The molecule has 1 aliphatic rings. The highest BCUT2D eigenvalue weighted by Gasteiger charge is 2.34. The number of hydrogen-bond acceptors (Lipinski definition) is 2. The Morgan fingerprint density at radius 3 is 2.43 bits per heavy atom. The molecule has 0 saturated carbocycles. The summed E-state index contributed by atoms with van der Waals surface area (Å²) in [4.78, 5) is 1.84. The zero-order chi connectivity index (χ0) is 10.1. The molecular formula is C11H14N2O. The van der Waals surface area contributed by atoms with Crippen molar-refractivity contribution in [1.29, 1.82) is 5.41 Å². The van der Waals surface area contributed by atoms with Crippen molar-refractivity contribution in [1.82, 2.24) is 4.90 Å². The molecule has 0 aromatic heterocycles. The molecule has 1 aromatic rings. The van der Waals surface area contributed by atoms with E-state index in [0.29, 0.717) is 0 Å². The van der Waals surface area contributed by atoms with Crippen LogP contribution in [0.5, 0.6) is 0 Å². The third-order valence-corrected chi connectivity index (χ3v) is 2.74. The Labute approximate surface area is 83.8 Å². The lowest BCUT2D eigenvalue weighted by molar-refractivity contribution is 0.201. The third-order valence-electron chi connectivity index (χ3n) is 2.74. The normalized spacial score (nSPS) is 26.4. The van der Waals surface area contributed by atoms with Crippen molar-refractivity contribution in [3.8, 4) is 0 Å². The van der Waals surface area contributed by atoms with Gasteiger partial charge in [0.2, 0.25) is 0 Å². The van der Waals surface area contributed by atoms with E-state index < -0.39 is 0 Å². The molecule has 14 heavy (non-hydrogen) atoms. The second-order valence-electron chi connectivity index (χ2n) is 3.61. The summed E-state index contributed by atoms with van der Waals surface area (Å²) in [6.07, 6.45) is -0.00583. The number of hydrogen-bond donors (Lipinski definition) is 1. The van der Waals surface area contributed by atoms with E-state index >= 15 is 0 Å². The van der Waals surface area contributed by atoms with E-state index in [1.54, 1.807) is 0 Å². The third kappa shape index (κ3) is 1.35. The first kappa shape index (κ1) is 9.06. The highest BCUT2D eigenvalue weighted by molar-refractivity contribution is 5.73. The van der Waals surface area contributed by atoms with E-state index in [0.717, 1.165) is 5.56 Å². The van der Waals surface area contributed by atoms with Gasteiger partial charge in [0.15, 0.2) is 0 Å². The maximum Gasteiger partial charge on any atom is 0.285 e. The fraction of sp³-hybridized carbons (Fsp3) is 0.364. The lowest BCUT2D eigenvalue weighted by Gasteiger charge is -2.16. The van der Waals surface area contributed by atoms with Gasteiger partial charge in [-0.3, -0.25) is 5.41 Å². The summed E-state index contributed by atoms with van der Waals surface area (Å²) >= 11 is 0. The smallest absolute Gasteiger partial charge is 0.285 e. The van der Waals surface area contributed by atoms with E-state index in [1.165, 1.54) is 0 Å². The zero-order valence-corrected chi connectivity index (χ0v) is 8.40. The summed E-state index contributed by atoms with van der Waals surface area (Å²) in [5.41, 5.74) is 1.13. The van der Waals surface area contributed by atoms with Crippen molar-refractivity contribution in [2.45, 2.75) is 19.1 Å². The first-order valence-corrected chi connectivity index (χ1v) is 4.73. The standard InChI is InChI=1S/C11H14N2O/c1-8-10(14-11(12)13(8)2)9-6-4-3-5-7-9/h3-8,10,12H,1-2H3/t8-,10+/m1/s1. The molecule has 0 unspecified atom stereocenters. The average molecular weight is 190 g/mol. The van der Waals surface area contributed by atoms with Crippen molar-refractivity contribution < 1.29 is 4.74 Å². The monoisotopic (exact) mass is 190 g/mol. The predicted octanol–water partition coefficient (Wildman–Crippen LogP) is 2.01. The number of likely N-dealkylation sites (N-methyl/N-ethyl adjacent to an activating group) is 1. The molecule has 0 aliphatic carbocycles. The highest BCUT2D eigenvalue weighted by Crippen LogP contribution is 2.30. The van der Waals surface area contributed by atoms with E-state index in [4.69, 9.17) is 10.1 Å². The van der Waals surface area contributed by atoms with Crippen LogP contribution in [0.25, 0.3) is 0 Å². The fourth-order valence-electron chi connectivity index (χ4n) is 1.68. The Kier molecular flexibility index (Phi) is 2.15. The van der Waals surface area contributed by atoms with Gasteiger partial charge in [-0.25, -0.2) is 0 Å². The lowest BCUT2D eigenvalue weighted by atomic mass is 10.0. The number of nitrogens with one attached hydrogen (secondary N) is 1. The Balaban J connectivity index is 2.26. The molecule has 1 N–H and O–H groups in total. The predicted molar refractivity (Wildman–Crippen MR) is 55.2 cm³/mol. The van der Waals surface area contributed by atoms with Gasteiger partial charge in [-0.1, -0.05) is 30.3 Å². The van der Waals surface area contributed by atoms with E-state index in [2.05, 4.69) is 6.92 Å². The van der Waals surface area contributed by atoms with Gasteiger partial charge >= 0.3 is 0 Å². The summed E-state index contributed by atoms with van der Waals surface area (Å²) in [5, 5.41) is 7.57. The second-order valence-corrected chi connectivity index (χ2v) is 3.61. The number of rotatable bonds is 1. The highest BCUT2D eigenvalue weighted by atomic mass is 16.5. The van der Waals surface area contributed by atoms with Gasteiger partial charge in [0.25, 0.3) is 6.02 Å². The molecule has 3 nitrogen and oxygen atoms in total. The van der Waals surface area contributed by atoms with Crippen molar-refractivity contribution in [2.24, 2.45) is 0 Å². The molecule has 1 fully saturated rings. The van der Waals surface area contributed by atoms with Gasteiger partial charge in [0, 0.05) is 7.05 Å². The molecule has 1 aliphatic heterocycles. The molecule has 74 valence electrons. The maximum absolute atomic E-state index is 7.57. The van der Waals surface area contributed by atoms with Crippen LogP contribution in [-0.2, 0) is 4.74 Å². The van der Waals surface area contributed by atoms with Gasteiger partial charge in [-0.2, -0.15) is 0 Å². The molecule has 0 bridgehead atoms. The summed E-state index contributed by atoms with van der Waals surface area (Å²) < 4.78 is 5.48. The van der Waals surface area contributed by atoms with Crippen molar-refractivity contribution in [3.63, 3.8) is 0 Å². The minimum Gasteiger partial charge on any atom is -0.455 e. The van der Waals surface area contributed by atoms with Crippen LogP contribution in [0.3, 0.4) is 0 Å². The fourth-order valence-corrected chi connectivity index (χ4v) is 1.68. The number of amidine groups is 1. The minimum absolute atomic E-state index is 0.00583. The Morgan fingerprint density at radius 2 is 1.93 bits per heavy atom. The Hall–Kier alpha value is -1.51. The lowest BCUT2D eigenvalue weighted by Crippen LogP contribution is -2.27. The number of benzene rings is 1. The molecular weight excluding hydrogens is 176 g/mol. The van der Waals surface area contributed by atoms with Crippen LogP contribution in [0.4, 0.5) is 0 Å². The molecule has 1 aromatic carbocycles. The van der Waals surface area contributed by atoms with Crippen molar-refractivity contribution in [2.75, 3.05) is 7.05 Å². The number of ether oxygens (including phenoxy) is 1. The second kappa shape index (κ2) is 3.33. The SMILES string of the molecule is C[C@@H]1[C@@H](c2ccccc2)OC(=N)N1C. The van der Waals surface area contributed by atoms with Gasteiger partial charge in [-0.05, 0) is 12.5 Å². The van der Waals surface area contributed by atoms with E-state index in [-0.39, 0.29) is 18.2 Å². The molecule has 2 atom stereocenters. The number of nitrogens with zero attached hydrogens (tertiary/aromatic N) is 1. The van der Waals surface area contributed by atoms with Crippen LogP contribution >= 0.6 is 0 Å².